The van der Waals surface area contributed by atoms with Crippen LogP contribution in [0.5, 0.6) is 0 Å². The van der Waals surface area contributed by atoms with Crippen LogP contribution < -0.4 is 5.32 Å². The van der Waals surface area contributed by atoms with E-state index in [9.17, 15) is 4.79 Å². The first kappa shape index (κ1) is 16.1. The molecule has 0 aliphatic carbocycles. The number of carbonyl (C=O) groups is 1. The van der Waals surface area contributed by atoms with Crippen LogP contribution in [0.2, 0.25) is 0 Å². The molecule has 0 aromatic carbocycles. The number of ether oxygens (including phenoxy) is 2. The van der Waals surface area contributed by atoms with E-state index in [0.29, 0.717) is 13.2 Å². The first-order valence-electron chi connectivity index (χ1n) is 7.60. The van der Waals surface area contributed by atoms with Crippen molar-refractivity contribution >= 4 is 17.7 Å². The van der Waals surface area contributed by atoms with E-state index in [1.165, 1.54) is 0 Å². The number of nitrogens with one attached hydrogen (secondary N) is 1. The van der Waals surface area contributed by atoms with Crippen LogP contribution >= 0.6 is 11.8 Å². The SMILES string of the molecule is CCOCCOC1CCN(C(=O)C2CSCCN2)CC1. The van der Waals surface area contributed by atoms with E-state index in [1.54, 1.807) is 0 Å². The van der Waals surface area contributed by atoms with Gasteiger partial charge >= 0.3 is 0 Å². The van der Waals surface area contributed by atoms with Gasteiger partial charge in [0, 0.05) is 37.7 Å². The number of piperidine rings is 1. The summed E-state index contributed by atoms with van der Waals surface area (Å²) in [6.45, 7) is 6.64. The van der Waals surface area contributed by atoms with E-state index in [1.807, 2.05) is 23.6 Å². The molecule has 5 nitrogen and oxygen atoms in total. The molecular weight excluding hydrogens is 276 g/mol. The van der Waals surface area contributed by atoms with Crippen LogP contribution in [0, 0.1) is 0 Å². The summed E-state index contributed by atoms with van der Waals surface area (Å²) in [5.41, 5.74) is 0. The number of hydrogen-bond donors (Lipinski definition) is 1. The van der Waals surface area contributed by atoms with Crippen molar-refractivity contribution in [1.82, 2.24) is 10.2 Å². The van der Waals surface area contributed by atoms with Crippen LogP contribution in [0.3, 0.4) is 0 Å². The Hall–Kier alpha value is -0.300. The summed E-state index contributed by atoms with van der Waals surface area (Å²) >= 11 is 1.86. The fourth-order valence-electron chi connectivity index (χ4n) is 2.61. The Morgan fingerprint density at radius 2 is 2.15 bits per heavy atom. The van der Waals surface area contributed by atoms with E-state index in [4.69, 9.17) is 9.47 Å². The molecule has 1 amide bonds. The van der Waals surface area contributed by atoms with E-state index >= 15 is 0 Å². The first-order valence-corrected chi connectivity index (χ1v) is 8.76. The average Bonchev–Trinajstić information content (AvgIpc) is 2.52. The number of likely N-dealkylation sites (tertiary alicyclic amines) is 1. The van der Waals surface area contributed by atoms with Crippen LogP contribution in [0.1, 0.15) is 19.8 Å². The van der Waals surface area contributed by atoms with Crippen molar-refractivity contribution in [3.63, 3.8) is 0 Å². The molecule has 116 valence electrons. The first-order chi connectivity index (χ1) is 9.81. The minimum atomic E-state index is 0.0178. The maximum absolute atomic E-state index is 12.3. The second-order valence-electron chi connectivity index (χ2n) is 5.17. The molecule has 2 saturated heterocycles. The molecule has 0 aromatic rings. The van der Waals surface area contributed by atoms with Crippen LogP contribution in [0.4, 0.5) is 0 Å². The molecule has 0 spiro atoms. The Kier molecular flexibility index (Phi) is 7.13. The highest BCUT2D eigenvalue weighted by molar-refractivity contribution is 7.99. The molecule has 1 atom stereocenters. The summed E-state index contributed by atoms with van der Waals surface area (Å²) in [5, 5.41) is 3.32. The van der Waals surface area contributed by atoms with E-state index in [-0.39, 0.29) is 18.1 Å². The van der Waals surface area contributed by atoms with Gasteiger partial charge in [-0.2, -0.15) is 11.8 Å². The highest BCUT2D eigenvalue weighted by Gasteiger charge is 2.29. The molecule has 0 bridgehead atoms. The van der Waals surface area contributed by atoms with Crippen molar-refractivity contribution in [3.05, 3.63) is 0 Å². The Morgan fingerprint density at radius 3 is 2.80 bits per heavy atom. The van der Waals surface area contributed by atoms with Gasteiger partial charge in [0.25, 0.3) is 0 Å². The molecule has 1 N–H and O–H groups in total. The Morgan fingerprint density at radius 1 is 1.35 bits per heavy atom. The van der Waals surface area contributed by atoms with Gasteiger partial charge < -0.3 is 19.7 Å². The summed E-state index contributed by atoms with van der Waals surface area (Å²) in [6.07, 6.45) is 2.17. The van der Waals surface area contributed by atoms with Gasteiger partial charge in [0.05, 0.1) is 25.4 Å². The van der Waals surface area contributed by atoms with Gasteiger partial charge in [-0.05, 0) is 19.8 Å². The summed E-state index contributed by atoms with van der Waals surface area (Å²) in [5.74, 6) is 2.29. The molecule has 0 radical (unpaired) electrons. The fraction of sp³-hybridized carbons (Fsp3) is 0.929. The third kappa shape index (κ3) is 4.91. The molecule has 2 aliphatic heterocycles. The third-order valence-corrected chi connectivity index (χ3v) is 4.82. The van der Waals surface area contributed by atoms with Crippen molar-refractivity contribution < 1.29 is 14.3 Å². The summed E-state index contributed by atoms with van der Waals surface area (Å²) in [4.78, 5) is 14.3. The van der Waals surface area contributed by atoms with E-state index in [0.717, 1.165) is 50.6 Å². The third-order valence-electron chi connectivity index (χ3n) is 3.76. The molecule has 1 unspecified atom stereocenters. The lowest BCUT2D eigenvalue weighted by Gasteiger charge is -2.35. The standard InChI is InChI=1S/C14H26N2O3S/c1-2-18-8-9-19-12-3-6-16(7-4-12)14(17)13-11-20-10-5-15-13/h12-13,15H,2-11H2,1H3. The second kappa shape index (κ2) is 8.87. The lowest BCUT2D eigenvalue weighted by atomic mass is 10.1. The molecular formula is C14H26N2O3S. The average molecular weight is 302 g/mol. The lowest BCUT2D eigenvalue weighted by Crippen LogP contribution is -2.53. The van der Waals surface area contributed by atoms with Gasteiger partial charge in [0.1, 0.15) is 0 Å². The largest absolute Gasteiger partial charge is 0.379 e. The van der Waals surface area contributed by atoms with Crippen molar-refractivity contribution in [3.8, 4) is 0 Å². The topological polar surface area (TPSA) is 50.8 Å². The quantitative estimate of drug-likeness (QED) is 0.733. The van der Waals surface area contributed by atoms with Gasteiger partial charge in [0.2, 0.25) is 5.91 Å². The Balaban J connectivity index is 1.64. The van der Waals surface area contributed by atoms with Crippen molar-refractivity contribution in [2.24, 2.45) is 0 Å². The van der Waals surface area contributed by atoms with Crippen LogP contribution in [0.15, 0.2) is 0 Å². The highest BCUT2D eigenvalue weighted by atomic mass is 32.2. The molecule has 2 fully saturated rings. The van der Waals surface area contributed by atoms with E-state index < -0.39 is 0 Å². The molecule has 0 aromatic heterocycles. The van der Waals surface area contributed by atoms with Crippen LogP contribution in [-0.2, 0) is 14.3 Å². The summed E-state index contributed by atoms with van der Waals surface area (Å²) < 4.78 is 11.0. The smallest absolute Gasteiger partial charge is 0.240 e. The maximum atomic E-state index is 12.3. The molecule has 2 aliphatic rings. The molecule has 2 rings (SSSR count). The fourth-order valence-corrected chi connectivity index (χ4v) is 3.53. The van der Waals surface area contributed by atoms with Crippen molar-refractivity contribution in [2.45, 2.75) is 31.9 Å². The molecule has 6 heteroatoms. The second-order valence-corrected chi connectivity index (χ2v) is 6.32. The van der Waals surface area contributed by atoms with Crippen LogP contribution in [-0.4, -0.2) is 73.9 Å². The van der Waals surface area contributed by atoms with Crippen molar-refractivity contribution in [1.29, 1.82) is 0 Å². The number of thioether (sulfide) groups is 1. The zero-order chi connectivity index (χ0) is 14.2. The van der Waals surface area contributed by atoms with E-state index in [2.05, 4.69) is 5.32 Å². The number of hydrogen-bond acceptors (Lipinski definition) is 5. The monoisotopic (exact) mass is 302 g/mol. The minimum Gasteiger partial charge on any atom is -0.379 e. The number of carbonyl (C=O) groups excluding carboxylic acids is 1. The zero-order valence-electron chi connectivity index (χ0n) is 12.3. The number of nitrogens with zero attached hydrogens (tertiary/aromatic N) is 1. The van der Waals surface area contributed by atoms with Gasteiger partial charge in [-0.1, -0.05) is 0 Å². The van der Waals surface area contributed by atoms with Gasteiger partial charge in [-0.25, -0.2) is 0 Å². The van der Waals surface area contributed by atoms with Crippen LogP contribution in [0.25, 0.3) is 0 Å². The predicted molar refractivity (Wildman–Crippen MR) is 81.2 cm³/mol. The molecule has 0 saturated carbocycles. The summed E-state index contributed by atoms with van der Waals surface area (Å²) in [6, 6.07) is 0.0178. The Labute approximate surface area is 125 Å². The molecule has 2 heterocycles. The highest BCUT2D eigenvalue weighted by Crippen LogP contribution is 2.17. The lowest BCUT2D eigenvalue weighted by molar-refractivity contribution is -0.135. The van der Waals surface area contributed by atoms with Gasteiger partial charge in [-0.15, -0.1) is 0 Å². The van der Waals surface area contributed by atoms with Crippen molar-refractivity contribution in [2.75, 3.05) is 51.0 Å². The molecule has 20 heavy (non-hydrogen) atoms. The Bertz CT molecular complexity index is 290. The van der Waals surface area contributed by atoms with Gasteiger partial charge in [-0.3, -0.25) is 4.79 Å². The number of rotatable bonds is 6. The van der Waals surface area contributed by atoms with Gasteiger partial charge in [0.15, 0.2) is 0 Å². The summed E-state index contributed by atoms with van der Waals surface area (Å²) in [7, 11) is 0. The zero-order valence-corrected chi connectivity index (χ0v) is 13.1. The normalized spacial score (nSPS) is 24.9. The number of amides is 1. The maximum Gasteiger partial charge on any atom is 0.240 e. The minimum absolute atomic E-state index is 0.0178. The predicted octanol–water partition coefficient (Wildman–Crippen LogP) is 0.736.